The van der Waals surface area contributed by atoms with E-state index in [4.69, 9.17) is 5.11 Å². The zero-order chi connectivity index (χ0) is 18.0. The third kappa shape index (κ3) is 7.31. The molecule has 0 unspecified atom stereocenters. The smallest absolute Gasteiger partial charge is 0.449 e. The first-order valence-corrected chi connectivity index (χ1v) is 9.80. The number of benzene rings is 1. The summed E-state index contributed by atoms with van der Waals surface area (Å²) in [7, 11) is -4.56. The molecule has 0 saturated carbocycles. The zero-order valence-corrected chi connectivity index (χ0v) is 14.8. The lowest BCUT2D eigenvalue weighted by molar-refractivity contribution is 0.143. The SMILES string of the molecule is CCCCCCCCCCc1cccc(OC(=O)O)c1S(=O)(=O)O. The second-order valence-electron chi connectivity index (χ2n) is 5.81. The van der Waals surface area contributed by atoms with Gasteiger partial charge in [-0.15, -0.1) is 0 Å². The average Bonchev–Trinajstić information content (AvgIpc) is 2.48. The highest BCUT2D eigenvalue weighted by Crippen LogP contribution is 2.29. The predicted molar refractivity (Wildman–Crippen MR) is 91.2 cm³/mol. The summed E-state index contributed by atoms with van der Waals surface area (Å²) in [6.45, 7) is 2.18. The highest BCUT2D eigenvalue weighted by atomic mass is 32.2. The van der Waals surface area contributed by atoms with Gasteiger partial charge in [0.25, 0.3) is 10.1 Å². The molecule has 0 spiro atoms. The summed E-state index contributed by atoms with van der Waals surface area (Å²) in [6, 6.07) is 4.31. The van der Waals surface area contributed by atoms with Crippen molar-refractivity contribution in [3.63, 3.8) is 0 Å². The minimum Gasteiger partial charge on any atom is -0.449 e. The summed E-state index contributed by atoms with van der Waals surface area (Å²) in [6.07, 6.45) is 7.73. The summed E-state index contributed by atoms with van der Waals surface area (Å²) in [5, 5.41) is 8.68. The van der Waals surface area contributed by atoms with Crippen LogP contribution in [0.5, 0.6) is 5.75 Å². The van der Waals surface area contributed by atoms with Crippen LogP contribution in [0.2, 0.25) is 0 Å². The van der Waals surface area contributed by atoms with Gasteiger partial charge < -0.3 is 9.84 Å². The van der Waals surface area contributed by atoms with E-state index in [1.165, 1.54) is 37.8 Å². The normalized spacial score (nSPS) is 11.4. The molecule has 0 fully saturated rings. The van der Waals surface area contributed by atoms with E-state index in [2.05, 4.69) is 11.7 Å². The monoisotopic (exact) mass is 358 g/mol. The van der Waals surface area contributed by atoms with Crippen molar-refractivity contribution in [2.24, 2.45) is 0 Å². The van der Waals surface area contributed by atoms with Crippen LogP contribution in [-0.4, -0.2) is 24.2 Å². The second kappa shape index (κ2) is 10.3. The molecule has 0 atom stereocenters. The van der Waals surface area contributed by atoms with Gasteiger partial charge in [-0.3, -0.25) is 4.55 Å². The lowest BCUT2D eigenvalue weighted by Gasteiger charge is -2.11. The predicted octanol–water partition coefficient (Wildman–Crippen LogP) is 4.67. The van der Waals surface area contributed by atoms with Gasteiger partial charge in [-0.2, -0.15) is 8.42 Å². The highest BCUT2D eigenvalue weighted by Gasteiger charge is 2.22. The molecular formula is C17H26O6S. The molecule has 1 aromatic carbocycles. The van der Waals surface area contributed by atoms with E-state index >= 15 is 0 Å². The molecule has 1 rings (SSSR count). The summed E-state index contributed by atoms with van der Waals surface area (Å²) < 4.78 is 37.0. The van der Waals surface area contributed by atoms with Crippen LogP contribution in [0.4, 0.5) is 4.79 Å². The van der Waals surface area contributed by atoms with Crippen molar-refractivity contribution in [3.8, 4) is 5.75 Å². The fraction of sp³-hybridized carbons (Fsp3) is 0.588. The first kappa shape index (κ1) is 20.4. The van der Waals surface area contributed by atoms with Crippen LogP contribution >= 0.6 is 0 Å². The van der Waals surface area contributed by atoms with Crippen molar-refractivity contribution in [3.05, 3.63) is 23.8 Å². The van der Waals surface area contributed by atoms with Crippen molar-refractivity contribution in [1.29, 1.82) is 0 Å². The van der Waals surface area contributed by atoms with Crippen molar-refractivity contribution in [1.82, 2.24) is 0 Å². The quantitative estimate of drug-likeness (QED) is 0.258. The van der Waals surface area contributed by atoms with Crippen LogP contribution in [0.15, 0.2) is 23.1 Å². The van der Waals surface area contributed by atoms with Gasteiger partial charge in [-0.1, -0.05) is 64.0 Å². The van der Waals surface area contributed by atoms with Crippen LogP contribution < -0.4 is 4.74 Å². The Bertz CT molecular complexity index is 624. The third-order valence-corrected chi connectivity index (χ3v) is 4.79. The summed E-state index contributed by atoms with van der Waals surface area (Å²) in [5.74, 6) is -0.359. The number of carbonyl (C=O) groups is 1. The molecule has 136 valence electrons. The average molecular weight is 358 g/mol. The fourth-order valence-corrected chi connectivity index (χ4v) is 3.54. The lowest BCUT2D eigenvalue weighted by Crippen LogP contribution is -2.10. The number of hydrogen-bond donors (Lipinski definition) is 2. The maximum Gasteiger partial charge on any atom is 0.511 e. The van der Waals surface area contributed by atoms with Crippen LogP contribution in [-0.2, 0) is 16.5 Å². The summed E-state index contributed by atoms with van der Waals surface area (Å²) >= 11 is 0. The third-order valence-electron chi connectivity index (χ3n) is 3.82. The standard InChI is InChI=1S/C17H26O6S/c1-2-3-4-5-6-7-8-9-11-14-12-10-13-15(23-17(18)19)16(14)24(20,21)22/h10,12-13H,2-9,11H2,1H3,(H,18,19)(H,20,21,22). The van der Waals surface area contributed by atoms with Gasteiger partial charge in [0.1, 0.15) is 4.90 Å². The Morgan fingerprint density at radius 3 is 2.17 bits per heavy atom. The van der Waals surface area contributed by atoms with Gasteiger partial charge in [-0.25, -0.2) is 4.79 Å². The van der Waals surface area contributed by atoms with Gasteiger partial charge in [0, 0.05) is 0 Å². The Morgan fingerprint density at radius 2 is 1.62 bits per heavy atom. The van der Waals surface area contributed by atoms with Crippen LogP contribution in [0, 0.1) is 0 Å². The second-order valence-corrected chi connectivity index (χ2v) is 7.17. The number of carboxylic acid groups (broad SMARTS) is 1. The molecular weight excluding hydrogens is 332 g/mol. The van der Waals surface area contributed by atoms with Gasteiger partial charge >= 0.3 is 6.16 Å². The van der Waals surface area contributed by atoms with Gasteiger partial charge in [0.05, 0.1) is 0 Å². The molecule has 7 heteroatoms. The maximum atomic E-state index is 11.6. The molecule has 0 aliphatic heterocycles. The number of aryl methyl sites for hydroxylation is 1. The van der Waals surface area contributed by atoms with E-state index in [0.29, 0.717) is 12.0 Å². The molecule has 0 aliphatic rings. The van der Waals surface area contributed by atoms with Crippen molar-refractivity contribution in [2.75, 3.05) is 0 Å². The number of unbranched alkanes of at least 4 members (excludes halogenated alkanes) is 7. The molecule has 2 N–H and O–H groups in total. The first-order valence-electron chi connectivity index (χ1n) is 8.36. The van der Waals surface area contributed by atoms with E-state index in [-0.39, 0.29) is 5.75 Å². The van der Waals surface area contributed by atoms with Crippen LogP contribution in [0.1, 0.15) is 63.9 Å². The molecule has 0 aliphatic carbocycles. The molecule has 0 aromatic heterocycles. The zero-order valence-electron chi connectivity index (χ0n) is 14.0. The van der Waals surface area contributed by atoms with Crippen molar-refractivity contribution < 1.29 is 27.6 Å². The van der Waals surface area contributed by atoms with E-state index in [1.807, 2.05) is 0 Å². The fourth-order valence-electron chi connectivity index (χ4n) is 2.67. The summed E-state index contributed by atoms with van der Waals surface area (Å²) in [5.41, 5.74) is 0.377. The van der Waals surface area contributed by atoms with E-state index < -0.39 is 21.2 Å². The molecule has 1 aromatic rings. The Hall–Kier alpha value is -1.60. The van der Waals surface area contributed by atoms with Gasteiger partial charge in [0.2, 0.25) is 0 Å². The van der Waals surface area contributed by atoms with Crippen LogP contribution in [0.25, 0.3) is 0 Å². The number of rotatable bonds is 11. The Balaban J connectivity index is 2.63. The summed E-state index contributed by atoms with van der Waals surface area (Å²) in [4.78, 5) is 10.2. The highest BCUT2D eigenvalue weighted by molar-refractivity contribution is 7.86. The minimum atomic E-state index is -4.56. The van der Waals surface area contributed by atoms with Gasteiger partial charge in [-0.05, 0) is 24.5 Å². The Morgan fingerprint density at radius 1 is 1.04 bits per heavy atom. The molecule has 0 heterocycles. The lowest BCUT2D eigenvalue weighted by atomic mass is 10.0. The maximum absolute atomic E-state index is 11.6. The number of ether oxygens (including phenoxy) is 1. The molecule has 6 nitrogen and oxygen atoms in total. The van der Waals surface area contributed by atoms with Crippen molar-refractivity contribution in [2.45, 2.75) is 69.6 Å². The van der Waals surface area contributed by atoms with E-state index in [1.54, 1.807) is 6.07 Å². The molecule has 0 saturated heterocycles. The Kier molecular flexibility index (Phi) is 8.78. The van der Waals surface area contributed by atoms with Crippen LogP contribution in [0.3, 0.4) is 0 Å². The number of hydrogen-bond acceptors (Lipinski definition) is 4. The van der Waals surface area contributed by atoms with E-state index in [0.717, 1.165) is 25.7 Å². The van der Waals surface area contributed by atoms with Gasteiger partial charge in [0.15, 0.2) is 5.75 Å². The topological polar surface area (TPSA) is 101 Å². The largest absolute Gasteiger partial charge is 0.511 e. The minimum absolute atomic E-state index is 0.359. The molecule has 0 bridgehead atoms. The van der Waals surface area contributed by atoms with Crippen molar-refractivity contribution >= 4 is 16.3 Å². The van der Waals surface area contributed by atoms with E-state index in [9.17, 15) is 17.8 Å². The Labute approximate surface area is 143 Å². The first-order chi connectivity index (χ1) is 11.4. The molecule has 0 radical (unpaired) electrons. The molecule has 24 heavy (non-hydrogen) atoms. The molecule has 0 amide bonds.